The number of anilines is 1. The van der Waals surface area contributed by atoms with Gasteiger partial charge in [-0.3, -0.25) is 0 Å². The predicted molar refractivity (Wildman–Crippen MR) is 90.2 cm³/mol. The number of hydrogen-bond donors (Lipinski definition) is 2. The van der Waals surface area contributed by atoms with Gasteiger partial charge in [-0.05, 0) is 44.6 Å². The van der Waals surface area contributed by atoms with Crippen LogP contribution in [-0.4, -0.2) is 48.7 Å². The highest BCUT2D eigenvalue weighted by Gasteiger charge is 2.25. The number of rotatable bonds is 3. The molecule has 1 saturated heterocycles. The maximum Gasteiger partial charge on any atom is 0.172 e. The van der Waals surface area contributed by atoms with Crippen LogP contribution in [0.4, 0.5) is 5.69 Å². The molecule has 116 valence electrons. The van der Waals surface area contributed by atoms with Gasteiger partial charge in [0.1, 0.15) is 0 Å². The molecule has 1 heterocycles. The van der Waals surface area contributed by atoms with E-state index in [2.05, 4.69) is 50.9 Å². The molecule has 1 aliphatic rings. The summed E-state index contributed by atoms with van der Waals surface area (Å²) in [5, 5.41) is 12.2. The second-order valence-electron chi connectivity index (χ2n) is 5.52. The molecular weight excluding hydrogens is 332 g/mol. The second kappa shape index (κ2) is 7.13. The SMILES string of the molecule is CCC1CN(C)CCCN1c1cc(Br)ccc1/C(N)=N/O. The Labute approximate surface area is 134 Å². The average molecular weight is 355 g/mol. The molecule has 0 spiro atoms. The van der Waals surface area contributed by atoms with Gasteiger partial charge in [0.25, 0.3) is 0 Å². The highest BCUT2D eigenvalue weighted by atomic mass is 79.9. The lowest BCUT2D eigenvalue weighted by atomic mass is 10.1. The summed E-state index contributed by atoms with van der Waals surface area (Å²) in [5.74, 6) is 0.157. The minimum Gasteiger partial charge on any atom is -0.409 e. The summed E-state index contributed by atoms with van der Waals surface area (Å²) in [6.07, 6.45) is 2.17. The van der Waals surface area contributed by atoms with Crippen LogP contribution in [0.25, 0.3) is 0 Å². The normalized spacial score (nSPS) is 21.4. The van der Waals surface area contributed by atoms with Crippen molar-refractivity contribution in [2.75, 3.05) is 31.6 Å². The van der Waals surface area contributed by atoms with Crippen LogP contribution in [0, 0.1) is 0 Å². The van der Waals surface area contributed by atoms with Crippen LogP contribution in [0.5, 0.6) is 0 Å². The van der Waals surface area contributed by atoms with E-state index in [1.807, 2.05) is 12.1 Å². The van der Waals surface area contributed by atoms with Gasteiger partial charge in [-0.15, -0.1) is 0 Å². The standard InChI is InChI=1S/C15H23BrN4O/c1-3-12-10-19(2)7-4-8-20(12)14-9-11(16)5-6-13(14)15(17)18-21/h5-6,9,12,21H,3-4,7-8,10H2,1-2H3,(H2,17,18). The summed E-state index contributed by atoms with van der Waals surface area (Å²) in [6, 6.07) is 6.30. The second-order valence-corrected chi connectivity index (χ2v) is 6.43. The molecule has 1 atom stereocenters. The minimum atomic E-state index is 0.157. The molecule has 5 nitrogen and oxygen atoms in total. The van der Waals surface area contributed by atoms with E-state index in [0.717, 1.165) is 48.2 Å². The first kappa shape index (κ1) is 16.1. The quantitative estimate of drug-likeness (QED) is 0.378. The van der Waals surface area contributed by atoms with E-state index in [0.29, 0.717) is 6.04 Å². The number of benzene rings is 1. The molecule has 1 aromatic rings. The van der Waals surface area contributed by atoms with E-state index in [9.17, 15) is 0 Å². The first-order valence-electron chi connectivity index (χ1n) is 7.29. The van der Waals surface area contributed by atoms with E-state index in [4.69, 9.17) is 10.9 Å². The van der Waals surface area contributed by atoms with Crippen molar-refractivity contribution in [3.05, 3.63) is 28.2 Å². The molecule has 1 aromatic carbocycles. The molecule has 0 radical (unpaired) electrons. The molecule has 21 heavy (non-hydrogen) atoms. The number of nitrogens with zero attached hydrogens (tertiary/aromatic N) is 3. The summed E-state index contributed by atoms with van der Waals surface area (Å²) in [5.41, 5.74) is 7.66. The van der Waals surface area contributed by atoms with Crippen molar-refractivity contribution in [1.82, 2.24) is 4.90 Å². The fourth-order valence-corrected chi connectivity index (χ4v) is 3.27. The Balaban J connectivity index is 2.44. The van der Waals surface area contributed by atoms with E-state index >= 15 is 0 Å². The molecule has 3 N–H and O–H groups in total. The third kappa shape index (κ3) is 3.68. The first-order valence-corrected chi connectivity index (χ1v) is 8.08. The molecule has 1 aliphatic heterocycles. The summed E-state index contributed by atoms with van der Waals surface area (Å²) in [6.45, 7) is 5.31. The fraction of sp³-hybridized carbons (Fsp3) is 0.533. The molecule has 0 amide bonds. The molecule has 0 saturated carbocycles. The van der Waals surface area contributed by atoms with Crippen molar-refractivity contribution < 1.29 is 5.21 Å². The number of likely N-dealkylation sites (N-methyl/N-ethyl adjacent to an activating group) is 1. The lowest BCUT2D eigenvalue weighted by Gasteiger charge is -2.33. The van der Waals surface area contributed by atoms with Crippen LogP contribution in [0.1, 0.15) is 25.3 Å². The maximum atomic E-state index is 9.03. The monoisotopic (exact) mass is 354 g/mol. The Morgan fingerprint density at radius 1 is 1.48 bits per heavy atom. The van der Waals surface area contributed by atoms with Crippen molar-refractivity contribution in [2.45, 2.75) is 25.8 Å². The van der Waals surface area contributed by atoms with Crippen LogP contribution in [0.3, 0.4) is 0 Å². The lowest BCUT2D eigenvalue weighted by Crippen LogP contribution is -2.40. The Bertz CT molecular complexity index is 520. The van der Waals surface area contributed by atoms with Gasteiger partial charge in [0.15, 0.2) is 5.84 Å². The molecular formula is C15H23BrN4O. The van der Waals surface area contributed by atoms with Gasteiger partial charge in [-0.25, -0.2) is 0 Å². The van der Waals surface area contributed by atoms with Gasteiger partial charge in [-0.1, -0.05) is 28.0 Å². The molecule has 1 fully saturated rings. The first-order chi connectivity index (χ1) is 10.1. The Hall–Kier alpha value is -1.27. The number of oxime groups is 1. The number of hydrogen-bond acceptors (Lipinski definition) is 4. The van der Waals surface area contributed by atoms with E-state index < -0.39 is 0 Å². The zero-order valence-electron chi connectivity index (χ0n) is 12.6. The summed E-state index contributed by atoms with van der Waals surface area (Å²) < 4.78 is 0.999. The molecule has 0 aliphatic carbocycles. The fourth-order valence-electron chi connectivity index (χ4n) is 2.92. The molecule has 2 rings (SSSR count). The molecule has 0 aromatic heterocycles. The largest absolute Gasteiger partial charge is 0.409 e. The van der Waals surface area contributed by atoms with Crippen LogP contribution in [0.2, 0.25) is 0 Å². The third-order valence-electron chi connectivity index (χ3n) is 4.03. The van der Waals surface area contributed by atoms with Gasteiger partial charge in [0, 0.05) is 34.9 Å². The van der Waals surface area contributed by atoms with Crippen LogP contribution in [0.15, 0.2) is 27.8 Å². The number of halogens is 1. The minimum absolute atomic E-state index is 0.157. The van der Waals surface area contributed by atoms with Gasteiger partial charge < -0.3 is 20.7 Å². The average Bonchev–Trinajstić information content (AvgIpc) is 2.67. The third-order valence-corrected chi connectivity index (χ3v) is 4.52. The molecule has 0 bridgehead atoms. The van der Waals surface area contributed by atoms with Crippen molar-refractivity contribution in [3.8, 4) is 0 Å². The number of nitrogens with two attached hydrogens (primary N) is 1. The Kier molecular flexibility index (Phi) is 5.47. The van der Waals surface area contributed by atoms with E-state index in [1.165, 1.54) is 0 Å². The Morgan fingerprint density at radius 3 is 2.90 bits per heavy atom. The molecule has 1 unspecified atom stereocenters. The van der Waals surface area contributed by atoms with E-state index in [1.54, 1.807) is 0 Å². The van der Waals surface area contributed by atoms with Gasteiger partial charge >= 0.3 is 0 Å². The highest BCUT2D eigenvalue weighted by molar-refractivity contribution is 9.10. The maximum absolute atomic E-state index is 9.03. The molecule has 6 heteroatoms. The summed E-state index contributed by atoms with van der Waals surface area (Å²) >= 11 is 3.53. The van der Waals surface area contributed by atoms with E-state index in [-0.39, 0.29) is 5.84 Å². The topological polar surface area (TPSA) is 65.1 Å². The lowest BCUT2D eigenvalue weighted by molar-refractivity contribution is 0.318. The van der Waals surface area contributed by atoms with Crippen molar-refractivity contribution >= 4 is 27.5 Å². The summed E-state index contributed by atoms with van der Waals surface area (Å²) in [4.78, 5) is 4.76. The van der Waals surface area contributed by atoms with Crippen molar-refractivity contribution in [2.24, 2.45) is 10.9 Å². The number of amidine groups is 1. The smallest absolute Gasteiger partial charge is 0.172 e. The highest BCUT2D eigenvalue weighted by Crippen LogP contribution is 2.29. The predicted octanol–water partition coefficient (Wildman–Crippen LogP) is 2.46. The van der Waals surface area contributed by atoms with Gasteiger partial charge in [-0.2, -0.15) is 0 Å². The Morgan fingerprint density at radius 2 is 2.24 bits per heavy atom. The van der Waals surface area contributed by atoms with Crippen molar-refractivity contribution in [3.63, 3.8) is 0 Å². The van der Waals surface area contributed by atoms with Crippen LogP contribution < -0.4 is 10.6 Å². The summed E-state index contributed by atoms with van der Waals surface area (Å²) in [7, 11) is 2.16. The zero-order valence-corrected chi connectivity index (χ0v) is 14.2. The zero-order chi connectivity index (χ0) is 15.4. The van der Waals surface area contributed by atoms with Gasteiger partial charge in [0.05, 0.1) is 0 Å². The van der Waals surface area contributed by atoms with Crippen molar-refractivity contribution in [1.29, 1.82) is 0 Å². The van der Waals surface area contributed by atoms with Crippen LogP contribution in [-0.2, 0) is 0 Å². The van der Waals surface area contributed by atoms with Gasteiger partial charge in [0.2, 0.25) is 0 Å². The van der Waals surface area contributed by atoms with Crippen LogP contribution >= 0.6 is 15.9 Å².